The number of benzene rings is 3. The first-order valence-electron chi connectivity index (χ1n) is 11.2. The fraction of sp³-hybridized carbons (Fsp3) is 0.185. The molecule has 0 fully saturated rings. The first-order valence-corrected chi connectivity index (χ1v) is 11.6. The maximum atomic E-state index is 13.6. The maximum Gasteiger partial charge on any atom is 0.573 e. The van der Waals surface area contributed by atoms with Crippen LogP contribution in [0.2, 0.25) is 5.02 Å². The van der Waals surface area contributed by atoms with E-state index in [0.29, 0.717) is 28.1 Å². The van der Waals surface area contributed by atoms with Crippen molar-refractivity contribution in [2.24, 2.45) is 0 Å². The number of rotatable bonds is 8. The average molecular weight is 548 g/mol. The molecule has 0 aliphatic rings. The van der Waals surface area contributed by atoms with Gasteiger partial charge in [-0.3, -0.25) is 4.79 Å². The molecule has 7 nitrogen and oxygen atoms in total. The van der Waals surface area contributed by atoms with Gasteiger partial charge in [-0.05, 0) is 62.4 Å². The molecule has 38 heavy (non-hydrogen) atoms. The minimum Gasteiger partial charge on any atom is -0.497 e. The lowest BCUT2D eigenvalue weighted by Crippen LogP contribution is -2.23. The fourth-order valence-electron chi connectivity index (χ4n) is 4.06. The standard InChI is InChI=1S/C27H21ClF3NO6/c1-14-24(25(33)16-4-7-18(36-3)8-5-16)20-10-9-19(38-27(29,30)31)13-22(20)32(14)17-6-11-21(28)23(12-17)37-15(2)26(34)35/h4-13,15H,1-3H3,(H,34,35)/t15-/m0/s1. The Labute approximate surface area is 219 Å². The van der Waals surface area contributed by atoms with E-state index in [1.165, 1.54) is 38.3 Å². The Kier molecular flexibility index (Phi) is 7.28. The van der Waals surface area contributed by atoms with E-state index in [4.69, 9.17) is 21.1 Å². The molecule has 0 aliphatic carbocycles. The Morgan fingerprint density at radius 1 is 1.00 bits per heavy atom. The van der Waals surface area contributed by atoms with Crippen LogP contribution in [-0.2, 0) is 4.79 Å². The molecule has 4 rings (SSSR count). The summed E-state index contributed by atoms with van der Waals surface area (Å²) >= 11 is 6.21. The average Bonchev–Trinajstić information content (AvgIpc) is 3.14. The highest BCUT2D eigenvalue weighted by molar-refractivity contribution is 6.32. The van der Waals surface area contributed by atoms with E-state index in [9.17, 15) is 27.9 Å². The number of halogens is 4. The van der Waals surface area contributed by atoms with Crippen molar-refractivity contribution >= 4 is 34.3 Å². The van der Waals surface area contributed by atoms with E-state index in [1.54, 1.807) is 41.8 Å². The molecule has 0 bridgehead atoms. The predicted octanol–water partition coefficient (Wildman–Crippen LogP) is 6.58. The molecule has 11 heteroatoms. The normalized spacial score (nSPS) is 12.3. The van der Waals surface area contributed by atoms with Gasteiger partial charge in [-0.1, -0.05) is 11.6 Å². The number of hydrogen-bond acceptors (Lipinski definition) is 5. The van der Waals surface area contributed by atoms with Gasteiger partial charge in [0.2, 0.25) is 0 Å². The summed E-state index contributed by atoms with van der Waals surface area (Å²) in [5.41, 5.74) is 1.66. The van der Waals surface area contributed by atoms with Gasteiger partial charge < -0.3 is 23.9 Å². The molecule has 0 spiro atoms. The van der Waals surface area contributed by atoms with Gasteiger partial charge in [0.1, 0.15) is 17.2 Å². The van der Waals surface area contributed by atoms with Gasteiger partial charge in [-0.2, -0.15) is 0 Å². The van der Waals surface area contributed by atoms with Gasteiger partial charge in [0.25, 0.3) is 0 Å². The smallest absolute Gasteiger partial charge is 0.497 e. The summed E-state index contributed by atoms with van der Waals surface area (Å²) in [6, 6.07) is 14.6. The largest absolute Gasteiger partial charge is 0.573 e. The number of fused-ring (bicyclic) bond motifs is 1. The van der Waals surface area contributed by atoms with Crippen LogP contribution in [0.25, 0.3) is 16.6 Å². The van der Waals surface area contributed by atoms with Crippen molar-refractivity contribution < 1.29 is 42.1 Å². The molecule has 4 aromatic rings. The van der Waals surface area contributed by atoms with Crippen LogP contribution in [0.3, 0.4) is 0 Å². The second-order valence-corrected chi connectivity index (χ2v) is 8.70. The van der Waals surface area contributed by atoms with Crippen LogP contribution in [0.4, 0.5) is 13.2 Å². The summed E-state index contributed by atoms with van der Waals surface area (Å²) in [5.74, 6) is -1.44. The highest BCUT2D eigenvalue weighted by Gasteiger charge is 2.32. The van der Waals surface area contributed by atoms with Crippen LogP contribution in [0.5, 0.6) is 17.2 Å². The minimum atomic E-state index is -4.92. The summed E-state index contributed by atoms with van der Waals surface area (Å²) in [7, 11) is 1.50. The number of aliphatic carboxylic acids is 1. The quantitative estimate of drug-likeness (QED) is 0.251. The maximum absolute atomic E-state index is 13.6. The second-order valence-electron chi connectivity index (χ2n) is 8.29. The lowest BCUT2D eigenvalue weighted by Gasteiger charge is -2.15. The first-order chi connectivity index (χ1) is 17.9. The van der Waals surface area contributed by atoms with Crippen LogP contribution in [0, 0.1) is 6.92 Å². The van der Waals surface area contributed by atoms with E-state index >= 15 is 0 Å². The third-order valence-corrected chi connectivity index (χ3v) is 6.13. The van der Waals surface area contributed by atoms with E-state index in [0.717, 1.165) is 6.07 Å². The zero-order valence-corrected chi connectivity index (χ0v) is 21.1. The van der Waals surface area contributed by atoms with Gasteiger partial charge in [0.15, 0.2) is 11.9 Å². The second kappa shape index (κ2) is 10.3. The van der Waals surface area contributed by atoms with Gasteiger partial charge in [-0.25, -0.2) is 4.79 Å². The number of carboxylic acids is 1. The van der Waals surface area contributed by atoms with Crippen molar-refractivity contribution in [2.75, 3.05) is 7.11 Å². The monoisotopic (exact) mass is 547 g/mol. The van der Waals surface area contributed by atoms with Crippen LogP contribution in [0.1, 0.15) is 28.5 Å². The van der Waals surface area contributed by atoms with Gasteiger partial charge in [0.05, 0.1) is 23.2 Å². The third-order valence-electron chi connectivity index (χ3n) is 5.81. The van der Waals surface area contributed by atoms with E-state index < -0.39 is 24.2 Å². The van der Waals surface area contributed by atoms with Crippen LogP contribution in [0.15, 0.2) is 60.7 Å². The van der Waals surface area contributed by atoms with Crippen molar-refractivity contribution in [1.29, 1.82) is 0 Å². The Bertz CT molecular complexity index is 1530. The topological polar surface area (TPSA) is 87.0 Å². The molecule has 1 aromatic heterocycles. The predicted molar refractivity (Wildman–Crippen MR) is 134 cm³/mol. The molecule has 1 heterocycles. The van der Waals surface area contributed by atoms with E-state index in [1.807, 2.05) is 0 Å². The van der Waals surface area contributed by atoms with Crippen molar-refractivity contribution in [3.63, 3.8) is 0 Å². The number of ketones is 1. The Morgan fingerprint density at radius 2 is 1.66 bits per heavy atom. The Morgan fingerprint density at radius 3 is 2.26 bits per heavy atom. The van der Waals surface area contributed by atoms with Gasteiger partial charge in [-0.15, -0.1) is 13.2 Å². The molecule has 1 atom stereocenters. The zero-order chi connectivity index (χ0) is 27.8. The lowest BCUT2D eigenvalue weighted by molar-refractivity contribution is -0.274. The number of nitrogens with zero attached hydrogens (tertiary/aromatic N) is 1. The highest BCUT2D eigenvalue weighted by Crippen LogP contribution is 2.37. The molecule has 1 N–H and O–H groups in total. The fourth-order valence-corrected chi connectivity index (χ4v) is 4.22. The van der Waals surface area contributed by atoms with Gasteiger partial charge in [0, 0.05) is 34.5 Å². The molecule has 0 saturated carbocycles. The number of hydrogen-bond donors (Lipinski definition) is 1. The third kappa shape index (κ3) is 5.40. The van der Waals surface area contributed by atoms with Crippen molar-refractivity contribution in [1.82, 2.24) is 4.57 Å². The Balaban J connectivity index is 1.93. The summed E-state index contributed by atoms with van der Waals surface area (Å²) in [5, 5.41) is 9.73. The molecule has 0 radical (unpaired) electrons. The number of carboxylic acid groups (broad SMARTS) is 1. The summed E-state index contributed by atoms with van der Waals surface area (Å²) in [6.07, 6.45) is -6.14. The van der Waals surface area contributed by atoms with Gasteiger partial charge >= 0.3 is 12.3 Å². The van der Waals surface area contributed by atoms with Crippen molar-refractivity contribution in [2.45, 2.75) is 26.3 Å². The number of alkyl halides is 3. The zero-order valence-electron chi connectivity index (χ0n) is 20.3. The lowest BCUT2D eigenvalue weighted by atomic mass is 10.0. The van der Waals surface area contributed by atoms with E-state index in [-0.39, 0.29) is 27.6 Å². The van der Waals surface area contributed by atoms with Crippen molar-refractivity contribution in [3.05, 3.63) is 82.5 Å². The number of carbonyl (C=O) groups is 2. The first kappa shape index (κ1) is 26.9. The number of ether oxygens (including phenoxy) is 3. The summed E-state index contributed by atoms with van der Waals surface area (Å²) < 4.78 is 55.2. The summed E-state index contributed by atoms with van der Waals surface area (Å²) in [4.78, 5) is 24.9. The molecular weight excluding hydrogens is 527 g/mol. The molecule has 198 valence electrons. The van der Waals surface area contributed by atoms with Crippen molar-refractivity contribution in [3.8, 4) is 22.9 Å². The molecule has 0 aliphatic heterocycles. The Hall–Kier alpha value is -4.18. The number of aromatic nitrogens is 1. The van der Waals surface area contributed by atoms with Crippen LogP contribution < -0.4 is 14.2 Å². The highest BCUT2D eigenvalue weighted by atomic mass is 35.5. The SMILES string of the molecule is COc1ccc(C(=O)c2c(C)n(-c3ccc(Cl)c(O[C@@H](C)C(=O)O)c3)c3cc(OC(F)(F)F)ccc23)cc1. The van der Waals surface area contributed by atoms with Crippen LogP contribution in [-0.4, -0.2) is 41.0 Å². The molecule has 0 amide bonds. The number of carbonyl (C=O) groups excluding carboxylic acids is 1. The molecule has 3 aromatic carbocycles. The molecule has 0 unspecified atom stereocenters. The van der Waals surface area contributed by atoms with E-state index in [2.05, 4.69) is 4.74 Å². The molecule has 0 saturated heterocycles. The number of methoxy groups -OCH3 is 1. The van der Waals surface area contributed by atoms with Crippen LogP contribution >= 0.6 is 11.6 Å². The summed E-state index contributed by atoms with van der Waals surface area (Å²) in [6.45, 7) is 2.98. The molecular formula is C27H21ClF3NO6. The minimum absolute atomic E-state index is 0.0473.